The van der Waals surface area contributed by atoms with Gasteiger partial charge in [-0.1, -0.05) is 6.07 Å². The van der Waals surface area contributed by atoms with Gasteiger partial charge in [0.2, 0.25) is 0 Å². The Labute approximate surface area is 100 Å². The molecule has 0 atom stereocenters. The minimum Gasteiger partial charge on any atom is -0.489 e. The Bertz CT molecular complexity index is 485. The van der Waals surface area contributed by atoms with E-state index < -0.39 is 0 Å². The van der Waals surface area contributed by atoms with Crippen molar-refractivity contribution in [3.8, 4) is 11.8 Å². The van der Waals surface area contributed by atoms with Gasteiger partial charge < -0.3 is 9.64 Å². The van der Waals surface area contributed by atoms with E-state index in [0.717, 1.165) is 12.8 Å². The molecule has 0 aliphatic heterocycles. The minimum atomic E-state index is -0.178. The van der Waals surface area contributed by atoms with E-state index in [-0.39, 0.29) is 12.0 Å². The van der Waals surface area contributed by atoms with Crippen LogP contribution >= 0.6 is 0 Å². The molecule has 1 saturated carbocycles. The average Bonchev–Trinajstić information content (AvgIpc) is 3.11. The molecule has 1 fully saturated rings. The van der Waals surface area contributed by atoms with Crippen LogP contribution in [0, 0.1) is 11.3 Å². The summed E-state index contributed by atoms with van der Waals surface area (Å²) >= 11 is 0. The fraction of sp³-hybridized carbons (Fsp3) is 0.385. The molecule has 0 aromatic heterocycles. The van der Waals surface area contributed by atoms with Gasteiger partial charge in [-0.2, -0.15) is 5.26 Å². The standard InChI is InChI=1S/C13H14N2O2/c1-15(2)13(16)10-4-3-5-12(11(10)8-14)17-9-6-7-9/h3-5,9H,6-7H2,1-2H3. The van der Waals surface area contributed by atoms with Crippen LogP contribution in [0.5, 0.6) is 5.75 Å². The number of hydrogen-bond donors (Lipinski definition) is 0. The molecule has 1 aliphatic carbocycles. The molecule has 0 saturated heterocycles. The van der Waals surface area contributed by atoms with Gasteiger partial charge >= 0.3 is 0 Å². The van der Waals surface area contributed by atoms with Crippen LogP contribution in [0.15, 0.2) is 18.2 Å². The van der Waals surface area contributed by atoms with Gasteiger partial charge in [-0.25, -0.2) is 0 Å². The largest absolute Gasteiger partial charge is 0.489 e. The molecule has 1 aromatic rings. The van der Waals surface area contributed by atoms with Crippen LogP contribution < -0.4 is 4.74 Å². The van der Waals surface area contributed by atoms with Crippen LogP contribution in [-0.2, 0) is 0 Å². The molecule has 17 heavy (non-hydrogen) atoms. The van der Waals surface area contributed by atoms with Gasteiger partial charge in [-0.3, -0.25) is 4.79 Å². The summed E-state index contributed by atoms with van der Waals surface area (Å²) in [5.74, 6) is 0.338. The van der Waals surface area contributed by atoms with Gasteiger partial charge in [0.25, 0.3) is 5.91 Å². The zero-order valence-corrected chi connectivity index (χ0v) is 9.93. The highest BCUT2D eigenvalue weighted by Crippen LogP contribution is 2.30. The second-order valence-corrected chi connectivity index (χ2v) is 4.31. The van der Waals surface area contributed by atoms with E-state index >= 15 is 0 Å². The predicted octanol–water partition coefficient (Wildman–Crippen LogP) is 1.80. The first-order chi connectivity index (χ1) is 8.13. The van der Waals surface area contributed by atoms with E-state index in [1.807, 2.05) is 0 Å². The van der Waals surface area contributed by atoms with Gasteiger partial charge in [-0.05, 0) is 25.0 Å². The first kappa shape index (κ1) is 11.5. The molecule has 4 heteroatoms. The molecule has 0 heterocycles. The van der Waals surface area contributed by atoms with Gasteiger partial charge in [-0.15, -0.1) is 0 Å². The van der Waals surface area contributed by atoms with Gasteiger partial charge in [0.1, 0.15) is 17.4 Å². The lowest BCUT2D eigenvalue weighted by Crippen LogP contribution is -2.22. The number of amides is 1. The summed E-state index contributed by atoms with van der Waals surface area (Å²) in [6.07, 6.45) is 2.26. The molecule has 0 radical (unpaired) electrons. The summed E-state index contributed by atoms with van der Waals surface area (Å²) in [6, 6.07) is 7.20. The number of nitrogens with zero attached hydrogens (tertiary/aromatic N) is 2. The molecule has 1 amide bonds. The highest BCUT2D eigenvalue weighted by molar-refractivity contribution is 5.97. The molecule has 0 bridgehead atoms. The maximum Gasteiger partial charge on any atom is 0.254 e. The van der Waals surface area contributed by atoms with Gasteiger partial charge in [0.05, 0.1) is 11.7 Å². The molecular weight excluding hydrogens is 216 g/mol. The zero-order valence-electron chi connectivity index (χ0n) is 9.93. The maximum absolute atomic E-state index is 11.9. The second-order valence-electron chi connectivity index (χ2n) is 4.31. The van der Waals surface area contributed by atoms with Crippen LogP contribution in [-0.4, -0.2) is 31.0 Å². The Morgan fingerprint density at radius 1 is 1.47 bits per heavy atom. The number of benzene rings is 1. The maximum atomic E-state index is 11.9. The van der Waals surface area contributed by atoms with Crippen molar-refractivity contribution >= 4 is 5.91 Å². The number of nitriles is 1. The number of carbonyl (C=O) groups is 1. The molecular formula is C13H14N2O2. The molecule has 0 spiro atoms. The number of hydrogen-bond acceptors (Lipinski definition) is 3. The normalized spacial score (nSPS) is 13.9. The van der Waals surface area contributed by atoms with Crippen molar-refractivity contribution in [1.82, 2.24) is 4.90 Å². The lowest BCUT2D eigenvalue weighted by molar-refractivity contribution is 0.0826. The SMILES string of the molecule is CN(C)C(=O)c1cccc(OC2CC2)c1C#N. The van der Waals surface area contributed by atoms with Crippen LogP contribution in [0.1, 0.15) is 28.8 Å². The quantitative estimate of drug-likeness (QED) is 0.795. The van der Waals surface area contributed by atoms with Gasteiger partial charge in [0, 0.05) is 14.1 Å². The Kier molecular flexibility index (Phi) is 3.01. The Morgan fingerprint density at radius 3 is 2.71 bits per heavy atom. The minimum absolute atomic E-state index is 0.178. The molecule has 1 aromatic carbocycles. The average molecular weight is 230 g/mol. The van der Waals surface area contributed by atoms with Crippen LogP contribution in [0.3, 0.4) is 0 Å². The Morgan fingerprint density at radius 2 is 2.18 bits per heavy atom. The van der Waals surface area contributed by atoms with Crippen molar-refractivity contribution in [3.05, 3.63) is 29.3 Å². The van der Waals surface area contributed by atoms with E-state index in [1.54, 1.807) is 32.3 Å². The molecule has 88 valence electrons. The van der Waals surface area contributed by atoms with Crippen LogP contribution in [0.4, 0.5) is 0 Å². The third kappa shape index (κ3) is 2.39. The fourth-order valence-electron chi connectivity index (χ4n) is 1.53. The van der Waals surface area contributed by atoms with Crippen molar-refractivity contribution in [2.24, 2.45) is 0 Å². The number of carbonyl (C=O) groups excluding carboxylic acids is 1. The van der Waals surface area contributed by atoms with Crippen molar-refractivity contribution < 1.29 is 9.53 Å². The molecule has 4 nitrogen and oxygen atoms in total. The van der Waals surface area contributed by atoms with Crippen LogP contribution in [0.25, 0.3) is 0 Å². The van der Waals surface area contributed by atoms with E-state index in [0.29, 0.717) is 16.9 Å². The smallest absolute Gasteiger partial charge is 0.254 e. The molecule has 0 N–H and O–H groups in total. The third-order valence-electron chi connectivity index (χ3n) is 2.59. The Hall–Kier alpha value is -2.02. The lowest BCUT2D eigenvalue weighted by atomic mass is 10.1. The summed E-state index contributed by atoms with van der Waals surface area (Å²) in [6.45, 7) is 0. The van der Waals surface area contributed by atoms with Gasteiger partial charge in [0.15, 0.2) is 0 Å². The fourth-order valence-corrected chi connectivity index (χ4v) is 1.53. The first-order valence-corrected chi connectivity index (χ1v) is 5.55. The first-order valence-electron chi connectivity index (χ1n) is 5.55. The van der Waals surface area contributed by atoms with Crippen molar-refractivity contribution in [2.75, 3.05) is 14.1 Å². The Balaban J connectivity index is 2.38. The summed E-state index contributed by atoms with van der Waals surface area (Å²) in [4.78, 5) is 13.4. The van der Waals surface area contributed by atoms with E-state index in [4.69, 9.17) is 10.00 Å². The summed E-state index contributed by atoms with van der Waals surface area (Å²) in [5.41, 5.74) is 0.730. The zero-order chi connectivity index (χ0) is 12.4. The van der Waals surface area contributed by atoms with E-state index in [2.05, 4.69) is 6.07 Å². The summed E-state index contributed by atoms with van der Waals surface area (Å²) < 4.78 is 5.62. The molecule has 2 rings (SSSR count). The third-order valence-corrected chi connectivity index (χ3v) is 2.59. The highest BCUT2D eigenvalue weighted by Gasteiger charge is 2.26. The number of ether oxygens (including phenoxy) is 1. The van der Waals surface area contributed by atoms with E-state index in [1.165, 1.54) is 4.90 Å². The second kappa shape index (κ2) is 4.46. The van der Waals surface area contributed by atoms with Crippen molar-refractivity contribution in [3.63, 3.8) is 0 Å². The summed E-state index contributed by atoms with van der Waals surface area (Å²) in [7, 11) is 3.33. The highest BCUT2D eigenvalue weighted by atomic mass is 16.5. The number of rotatable bonds is 3. The topological polar surface area (TPSA) is 53.3 Å². The predicted molar refractivity (Wildman–Crippen MR) is 62.8 cm³/mol. The monoisotopic (exact) mass is 230 g/mol. The van der Waals surface area contributed by atoms with Crippen LogP contribution in [0.2, 0.25) is 0 Å². The van der Waals surface area contributed by atoms with E-state index in [9.17, 15) is 4.79 Å². The summed E-state index contributed by atoms with van der Waals surface area (Å²) in [5, 5.41) is 9.16. The molecule has 1 aliphatic rings. The molecule has 0 unspecified atom stereocenters. The van der Waals surface area contributed by atoms with Crippen molar-refractivity contribution in [1.29, 1.82) is 5.26 Å². The lowest BCUT2D eigenvalue weighted by Gasteiger charge is -2.13. The van der Waals surface area contributed by atoms with Crippen molar-refractivity contribution in [2.45, 2.75) is 18.9 Å².